The van der Waals surface area contributed by atoms with E-state index in [9.17, 15) is 9.59 Å². The third kappa shape index (κ3) is 7.28. The maximum absolute atomic E-state index is 13.8. The van der Waals surface area contributed by atoms with Crippen molar-refractivity contribution in [2.45, 2.75) is 32.2 Å². The average Bonchev–Trinajstić information content (AvgIpc) is 3.39. The Morgan fingerprint density at radius 1 is 1.03 bits per heavy atom. The van der Waals surface area contributed by atoms with Crippen LogP contribution in [0.5, 0.6) is 17.2 Å². The first-order valence-electron chi connectivity index (χ1n) is 13.1. The zero-order valence-electron chi connectivity index (χ0n) is 23.5. The largest absolute Gasteiger partial charge is 0.493 e. The lowest BCUT2D eigenvalue weighted by molar-refractivity contribution is -0.133. The summed E-state index contributed by atoms with van der Waals surface area (Å²) in [5.74, 6) is 1.35. The molecule has 38 heavy (non-hydrogen) atoms. The van der Waals surface area contributed by atoms with Crippen LogP contribution >= 0.6 is 0 Å². The van der Waals surface area contributed by atoms with Gasteiger partial charge in [0.25, 0.3) is 5.91 Å². The zero-order chi connectivity index (χ0) is 27.7. The molecule has 8 nitrogen and oxygen atoms in total. The molecule has 0 N–H and O–H groups in total. The topological polar surface area (TPSA) is 71.6 Å². The highest BCUT2D eigenvalue weighted by Gasteiger charge is 2.31. The SMILES string of the molecule is COc1cc(C(=O)N(CCCN2CCCC2C(=O)N(C)C)CC(C)=Cc2ccccc2)cc(OC)c1OC. The number of carbonyl (C=O) groups is 2. The number of hydrogen-bond donors (Lipinski definition) is 0. The van der Waals surface area contributed by atoms with Crippen LogP contribution < -0.4 is 14.2 Å². The van der Waals surface area contributed by atoms with E-state index in [0.29, 0.717) is 35.9 Å². The van der Waals surface area contributed by atoms with Gasteiger partial charge in [0.15, 0.2) is 11.5 Å². The molecular weight excluding hydrogens is 482 g/mol. The van der Waals surface area contributed by atoms with E-state index in [4.69, 9.17) is 14.2 Å². The Balaban J connectivity index is 1.82. The highest BCUT2D eigenvalue weighted by Crippen LogP contribution is 2.38. The fraction of sp³-hybridized carbons (Fsp3) is 0.467. The van der Waals surface area contributed by atoms with E-state index >= 15 is 0 Å². The molecule has 0 aliphatic carbocycles. The standard InChI is InChI=1S/C30H41N3O5/c1-22(18-23-12-8-7-9-13-23)21-33(17-11-16-32-15-10-14-25(32)30(35)31(2)3)29(34)24-19-26(36-4)28(38-6)27(20-24)37-5/h7-9,12-13,18-20,25H,10-11,14-17,21H2,1-6H3. The molecule has 2 aromatic rings. The first-order chi connectivity index (χ1) is 18.3. The summed E-state index contributed by atoms with van der Waals surface area (Å²) in [5, 5.41) is 0. The van der Waals surface area contributed by atoms with Crippen molar-refractivity contribution >= 4 is 17.9 Å². The molecule has 1 unspecified atom stereocenters. The summed E-state index contributed by atoms with van der Waals surface area (Å²) in [4.78, 5) is 32.2. The Morgan fingerprint density at radius 3 is 2.26 bits per heavy atom. The maximum Gasteiger partial charge on any atom is 0.254 e. The molecule has 1 aliphatic rings. The molecule has 0 spiro atoms. The minimum Gasteiger partial charge on any atom is -0.493 e. The summed E-state index contributed by atoms with van der Waals surface area (Å²) in [5.41, 5.74) is 2.62. The molecule has 1 atom stereocenters. The second-order valence-corrected chi connectivity index (χ2v) is 9.82. The molecule has 1 saturated heterocycles. The molecule has 0 radical (unpaired) electrons. The van der Waals surface area contributed by atoms with Crippen LogP contribution in [0.4, 0.5) is 0 Å². The van der Waals surface area contributed by atoms with Crippen LogP contribution in [0.25, 0.3) is 6.08 Å². The van der Waals surface area contributed by atoms with Crippen molar-refractivity contribution in [1.82, 2.24) is 14.7 Å². The van der Waals surface area contributed by atoms with Crippen molar-refractivity contribution in [2.75, 3.05) is 61.6 Å². The van der Waals surface area contributed by atoms with Crippen LogP contribution in [0.3, 0.4) is 0 Å². The summed E-state index contributed by atoms with van der Waals surface area (Å²) in [6.07, 6.45) is 4.75. The van der Waals surface area contributed by atoms with Gasteiger partial charge in [0.05, 0.1) is 27.4 Å². The maximum atomic E-state index is 13.8. The number of amides is 2. The predicted molar refractivity (Wildman–Crippen MR) is 150 cm³/mol. The summed E-state index contributed by atoms with van der Waals surface area (Å²) in [7, 11) is 8.23. The van der Waals surface area contributed by atoms with Gasteiger partial charge in [0, 0.05) is 39.3 Å². The summed E-state index contributed by atoms with van der Waals surface area (Å²) in [6, 6.07) is 13.4. The number of likely N-dealkylation sites (N-methyl/N-ethyl adjacent to an activating group) is 1. The number of likely N-dealkylation sites (tertiary alicyclic amines) is 1. The quantitative estimate of drug-likeness (QED) is 0.415. The minimum atomic E-state index is -0.118. The molecule has 0 bridgehead atoms. The molecule has 0 aromatic heterocycles. The summed E-state index contributed by atoms with van der Waals surface area (Å²) in [6.45, 7) is 4.72. The molecule has 0 saturated carbocycles. The highest BCUT2D eigenvalue weighted by atomic mass is 16.5. The lowest BCUT2D eigenvalue weighted by Gasteiger charge is -2.28. The minimum absolute atomic E-state index is 0.0797. The lowest BCUT2D eigenvalue weighted by Crippen LogP contribution is -2.43. The number of carbonyl (C=O) groups excluding carboxylic acids is 2. The number of benzene rings is 2. The van der Waals surface area contributed by atoms with E-state index in [1.807, 2.05) is 42.2 Å². The van der Waals surface area contributed by atoms with Crippen LogP contribution in [0, 0.1) is 0 Å². The molecule has 1 heterocycles. The molecule has 2 aromatic carbocycles. The Bertz CT molecular complexity index is 1090. The van der Waals surface area contributed by atoms with Crippen LogP contribution in [0.15, 0.2) is 48.0 Å². The highest BCUT2D eigenvalue weighted by molar-refractivity contribution is 5.96. The van der Waals surface area contributed by atoms with Gasteiger partial charge in [0.2, 0.25) is 11.7 Å². The van der Waals surface area contributed by atoms with Crippen molar-refractivity contribution in [3.63, 3.8) is 0 Å². The van der Waals surface area contributed by atoms with Crippen LogP contribution in [-0.2, 0) is 4.79 Å². The van der Waals surface area contributed by atoms with E-state index in [1.54, 1.807) is 38.2 Å². The van der Waals surface area contributed by atoms with Crippen molar-refractivity contribution < 1.29 is 23.8 Å². The van der Waals surface area contributed by atoms with Gasteiger partial charge in [-0.15, -0.1) is 0 Å². The number of rotatable bonds is 12. The molecule has 2 amide bonds. The first-order valence-corrected chi connectivity index (χ1v) is 13.1. The van der Waals surface area contributed by atoms with Crippen LogP contribution in [-0.4, -0.2) is 94.2 Å². The lowest BCUT2D eigenvalue weighted by atomic mass is 10.1. The zero-order valence-corrected chi connectivity index (χ0v) is 23.5. The first kappa shape index (κ1) is 29.0. The fourth-order valence-electron chi connectivity index (χ4n) is 4.96. The molecule has 1 fully saturated rings. The van der Waals surface area contributed by atoms with Gasteiger partial charge in [-0.25, -0.2) is 0 Å². The normalized spacial score (nSPS) is 15.7. The third-order valence-electron chi connectivity index (χ3n) is 6.81. The fourth-order valence-corrected chi connectivity index (χ4v) is 4.96. The van der Waals surface area contributed by atoms with Crippen molar-refractivity contribution in [3.05, 3.63) is 59.2 Å². The number of methoxy groups -OCH3 is 3. The van der Waals surface area contributed by atoms with Gasteiger partial charge in [0.1, 0.15) is 0 Å². The molecule has 206 valence electrons. The van der Waals surface area contributed by atoms with Crippen molar-refractivity contribution in [3.8, 4) is 17.2 Å². The average molecular weight is 524 g/mol. The van der Waals surface area contributed by atoms with Crippen LogP contribution in [0.2, 0.25) is 0 Å². The van der Waals surface area contributed by atoms with Gasteiger partial charge in [-0.05, 0) is 50.4 Å². The van der Waals surface area contributed by atoms with Gasteiger partial charge >= 0.3 is 0 Å². The number of hydrogen-bond acceptors (Lipinski definition) is 6. The van der Waals surface area contributed by atoms with Gasteiger partial charge in [-0.2, -0.15) is 0 Å². The van der Waals surface area contributed by atoms with E-state index in [0.717, 1.165) is 43.5 Å². The van der Waals surface area contributed by atoms with Crippen LogP contribution in [0.1, 0.15) is 42.1 Å². The van der Waals surface area contributed by atoms with Gasteiger partial charge < -0.3 is 24.0 Å². The van der Waals surface area contributed by atoms with Crippen molar-refractivity contribution in [1.29, 1.82) is 0 Å². The Kier molecular flexibility index (Phi) is 10.6. The summed E-state index contributed by atoms with van der Waals surface area (Å²) >= 11 is 0. The van der Waals surface area contributed by atoms with E-state index < -0.39 is 0 Å². The predicted octanol–water partition coefficient (Wildman–Crippen LogP) is 4.20. The second-order valence-electron chi connectivity index (χ2n) is 9.82. The Hall–Kier alpha value is -3.52. The van der Waals surface area contributed by atoms with E-state index in [2.05, 4.69) is 11.0 Å². The second kappa shape index (κ2) is 13.9. The molecule has 8 heteroatoms. The van der Waals surface area contributed by atoms with E-state index in [-0.39, 0.29) is 17.9 Å². The van der Waals surface area contributed by atoms with Gasteiger partial charge in [-0.3, -0.25) is 14.5 Å². The monoisotopic (exact) mass is 523 g/mol. The molecular formula is C30H41N3O5. The Morgan fingerprint density at radius 2 is 1.68 bits per heavy atom. The third-order valence-corrected chi connectivity index (χ3v) is 6.81. The molecule has 1 aliphatic heterocycles. The van der Waals surface area contributed by atoms with E-state index in [1.165, 1.54) is 14.2 Å². The number of nitrogens with zero attached hydrogens (tertiary/aromatic N) is 3. The molecule has 3 rings (SSSR count). The van der Waals surface area contributed by atoms with Gasteiger partial charge in [-0.1, -0.05) is 42.0 Å². The Labute approximate surface area is 226 Å². The smallest absolute Gasteiger partial charge is 0.254 e. The summed E-state index contributed by atoms with van der Waals surface area (Å²) < 4.78 is 16.4. The van der Waals surface area contributed by atoms with Crippen molar-refractivity contribution in [2.24, 2.45) is 0 Å². The number of ether oxygens (including phenoxy) is 3.